The Morgan fingerprint density at radius 2 is 1.73 bits per heavy atom. The van der Waals surface area contributed by atoms with Crippen LogP contribution >= 0.6 is 0 Å². The number of nitrogens with zero attached hydrogens (tertiary/aromatic N) is 1. The minimum Gasteiger partial charge on any atom is -0.398 e. The largest absolute Gasteiger partial charge is 0.398 e. The van der Waals surface area contributed by atoms with E-state index in [1.807, 2.05) is 24.3 Å². The number of nitrogens with one attached hydrogen (secondary N) is 1. The van der Waals surface area contributed by atoms with E-state index >= 15 is 0 Å². The van der Waals surface area contributed by atoms with Gasteiger partial charge in [0.1, 0.15) is 5.56 Å². The van der Waals surface area contributed by atoms with E-state index < -0.39 is 5.91 Å². The van der Waals surface area contributed by atoms with E-state index in [1.165, 1.54) is 11.1 Å². The Balaban J connectivity index is 1.52. The lowest BCUT2D eigenvalue weighted by Crippen LogP contribution is -2.31. The molecule has 0 atom stereocenters. The van der Waals surface area contributed by atoms with Gasteiger partial charge in [-0.3, -0.25) is 9.59 Å². The number of pyridine rings is 1. The van der Waals surface area contributed by atoms with Crippen molar-refractivity contribution < 1.29 is 4.79 Å². The summed E-state index contributed by atoms with van der Waals surface area (Å²) in [6, 6.07) is 22.8. The minimum atomic E-state index is -0.444. The van der Waals surface area contributed by atoms with Gasteiger partial charge in [-0.1, -0.05) is 55.1 Å². The monoisotopic (exact) mass is 435 g/mol. The summed E-state index contributed by atoms with van der Waals surface area (Å²) >= 11 is 0. The molecule has 3 N–H and O–H groups in total. The number of carbonyl (C=O) groups is 1. The quantitative estimate of drug-likeness (QED) is 0.438. The van der Waals surface area contributed by atoms with Gasteiger partial charge in [-0.15, -0.1) is 0 Å². The number of hydrogen-bond acceptors (Lipinski definition) is 3. The topological polar surface area (TPSA) is 77.1 Å². The molecule has 0 spiro atoms. The van der Waals surface area contributed by atoms with E-state index in [0.29, 0.717) is 23.3 Å². The van der Waals surface area contributed by atoms with Gasteiger partial charge in [-0.2, -0.15) is 0 Å². The number of carbonyl (C=O) groups excluding carboxylic acids is 1. The van der Waals surface area contributed by atoms with Crippen LogP contribution in [0.3, 0.4) is 0 Å². The second-order valence-corrected chi connectivity index (χ2v) is 8.58. The highest BCUT2D eigenvalue weighted by Crippen LogP contribution is 2.29. The van der Waals surface area contributed by atoms with Crippen molar-refractivity contribution in [1.82, 2.24) is 4.57 Å². The van der Waals surface area contributed by atoms with Crippen molar-refractivity contribution in [2.24, 2.45) is 5.92 Å². The number of rotatable bonds is 5. The van der Waals surface area contributed by atoms with E-state index in [9.17, 15) is 9.59 Å². The summed E-state index contributed by atoms with van der Waals surface area (Å²) in [5.41, 5.74) is 11.6. The van der Waals surface area contributed by atoms with Crippen LogP contribution in [0.25, 0.3) is 17.0 Å². The molecule has 0 unspecified atom stereocenters. The first-order valence-electron chi connectivity index (χ1n) is 11.1. The summed E-state index contributed by atoms with van der Waals surface area (Å²) in [7, 11) is 0. The predicted molar refractivity (Wildman–Crippen MR) is 134 cm³/mol. The highest BCUT2D eigenvalue weighted by atomic mass is 16.2. The molecule has 3 aromatic carbocycles. The molecular weight excluding hydrogens is 410 g/mol. The molecule has 1 aliphatic carbocycles. The second-order valence-electron chi connectivity index (χ2n) is 8.58. The number of aromatic nitrogens is 1. The van der Waals surface area contributed by atoms with Crippen molar-refractivity contribution >= 4 is 34.3 Å². The smallest absolute Gasteiger partial charge is 0.263 e. The predicted octanol–water partition coefficient (Wildman–Crippen LogP) is 4.89. The van der Waals surface area contributed by atoms with Gasteiger partial charge in [-0.05, 0) is 65.8 Å². The maximum Gasteiger partial charge on any atom is 0.263 e. The maximum absolute atomic E-state index is 13.5. The molecule has 4 aromatic rings. The third kappa shape index (κ3) is 3.94. The Morgan fingerprint density at radius 3 is 2.39 bits per heavy atom. The number of fused-ring (bicyclic) bond motifs is 2. The van der Waals surface area contributed by atoms with Crippen molar-refractivity contribution in [2.45, 2.75) is 19.4 Å². The number of benzene rings is 3. The zero-order valence-electron chi connectivity index (χ0n) is 18.3. The normalized spacial score (nSPS) is 13.1. The molecule has 33 heavy (non-hydrogen) atoms. The van der Waals surface area contributed by atoms with Gasteiger partial charge in [0.2, 0.25) is 0 Å². The fourth-order valence-electron chi connectivity index (χ4n) is 4.71. The van der Waals surface area contributed by atoms with Gasteiger partial charge in [0.25, 0.3) is 11.5 Å². The highest BCUT2D eigenvalue weighted by molar-refractivity contribution is 6.07. The third-order valence-corrected chi connectivity index (χ3v) is 6.40. The molecule has 0 bridgehead atoms. The molecule has 5 nitrogen and oxygen atoms in total. The molecule has 5 rings (SSSR count). The summed E-state index contributed by atoms with van der Waals surface area (Å²) in [6.07, 6.45) is 3.56. The van der Waals surface area contributed by atoms with Gasteiger partial charge in [0.15, 0.2) is 0 Å². The van der Waals surface area contributed by atoms with Crippen LogP contribution in [0.2, 0.25) is 0 Å². The number of nitrogen functional groups attached to an aromatic ring is 1. The fraction of sp³-hybridized carbons (Fsp3) is 0.143. The molecular formula is C28H25N3O2. The van der Waals surface area contributed by atoms with Crippen LogP contribution in [0, 0.1) is 5.92 Å². The lowest BCUT2D eigenvalue weighted by Gasteiger charge is -2.17. The Morgan fingerprint density at radius 1 is 1.03 bits per heavy atom. The van der Waals surface area contributed by atoms with Crippen LogP contribution in [0.4, 0.5) is 11.4 Å². The van der Waals surface area contributed by atoms with Crippen molar-refractivity contribution in [3.63, 3.8) is 0 Å². The van der Waals surface area contributed by atoms with Crippen LogP contribution < -0.4 is 16.6 Å². The van der Waals surface area contributed by atoms with E-state index in [1.54, 1.807) is 34.9 Å². The van der Waals surface area contributed by atoms with Gasteiger partial charge in [0, 0.05) is 23.3 Å². The van der Waals surface area contributed by atoms with Crippen LogP contribution in [0.15, 0.2) is 84.2 Å². The van der Waals surface area contributed by atoms with E-state index in [0.717, 1.165) is 23.9 Å². The van der Waals surface area contributed by atoms with Gasteiger partial charge in [0.05, 0.1) is 5.52 Å². The summed E-state index contributed by atoms with van der Waals surface area (Å²) in [4.78, 5) is 26.7. The van der Waals surface area contributed by atoms with Crippen molar-refractivity contribution in [3.05, 3.63) is 112 Å². The first-order valence-corrected chi connectivity index (χ1v) is 11.1. The Kier molecular flexibility index (Phi) is 5.31. The molecule has 0 radical (unpaired) electrons. The molecule has 1 heterocycles. The van der Waals surface area contributed by atoms with Crippen LogP contribution in [-0.2, 0) is 19.4 Å². The highest BCUT2D eigenvalue weighted by Gasteiger charge is 2.24. The van der Waals surface area contributed by atoms with E-state index in [2.05, 4.69) is 36.2 Å². The molecule has 0 saturated heterocycles. The van der Waals surface area contributed by atoms with E-state index in [4.69, 9.17) is 5.73 Å². The Hall–Kier alpha value is -4.12. The first kappa shape index (κ1) is 20.8. The van der Waals surface area contributed by atoms with Crippen molar-refractivity contribution in [1.29, 1.82) is 0 Å². The molecule has 1 amide bonds. The van der Waals surface area contributed by atoms with Gasteiger partial charge in [-0.25, -0.2) is 0 Å². The number of anilines is 2. The molecule has 0 saturated carbocycles. The zero-order chi connectivity index (χ0) is 22.9. The number of amides is 1. The first-order chi connectivity index (χ1) is 16.0. The van der Waals surface area contributed by atoms with Crippen LogP contribution in [0.1, 0.15) is 27.0 Å². The number of hydrogen-bond donors (Lipinski definition) is 2. The molecule has 0 aliphatic heterocycles. The van der Waals surface area contributed by atoms with E-state index in [-0.39, 0.29) is 17.0 Å². The standard InChI is InChI=1S/C28H25N3O2/c1-2-18-10-12-22(13-11-18)30-27(32)24-16-23-25(29)8-5-9-26(23)31(28(24)33)17-19-14-20-6-3-4-7-21(20)15-19/h2-13,16,19H,1,14-15,17,29H2,(H,30,32). The summed E-state index contributed by atoms with van der Waals surface area (Å²) in [5, 5.41) is 3.55. The average molecular weight is 436 g/mol. The number of nitrogens with two attached hydrogens (primary N) is 1. The molecule has 1 aliphatic rings. The molecule has 0 fully saturated rings. The molecule has 5 heteroatoms. The average Bonchev–Trinajstić information content (AvgIpc) is 3.24. The second kappa shape index (κ2) is 8.43. The van der Waals surface area contributed by atoms with Gasteiger partial charge >= 0.3 is 0 Å². The van der Waals surface area contributed by atoms with Crippen LogP contribution in [0.5, 0.6) is 0 Å². The third-order valence-electron chi connectivity index (χ3n) is 6.40. The van der Waals surface area contributed by atoms with Crippen LogP contribution in [-0.4, -0.2) is 10.5 Å². The maximum atomic E-state index is 13.5. The Bertz CT molecular complexity index is 1410. The lowest BCUT2D eigenvalue weighted by molar-refractivity contribution is 0.102. The Labute approximate surface area is 192 Å². The molecule has 164 valence electrons. The summed E-state index contributed by atoms with van der Waals surface area (Å²) in [6.45, 7) is 4.27. The fourth-order valence-corrected chi connectivity index (χ4v) is 4.71. The van der Waals surface area contributed by atoms with Crippen molar-refractivity contribution in [2.75, 3.05) is 11.1 Å². The summed E-state index contributed by atoms with van der Waals surface area (Å²) < 4.78 is 1.72. The zero-order valence-corrected chi connectivity index (χ0v) is 18.3. The van der Waals surface area contributed by atoms with Crippen molar-refractivity contribution in [3.8, 4) is 0 Å². The lowest BCUT2D eigenvalue weighted by atomic mass is 10.0. The van der Waals surface area contributed by atoms with Gasteiger partial charge < -0.3 is 15.6 Å². The minimum absolute atomic E-state index is 0.0868. The SMILES string of the molecule is C=Cc1ccc(NC(=O)c2cc3c(N)cccc3n(CC3Cc4ccccc4C3)c2=O)cc1. The molecule has 1 aromatic heterocycles. The summed E-state index contributed by atoms with van der Waals surface area (Å²) in [5.74, 6) is -0.158.